The molecule has 1 amide bonds. The molecule has 0 spiro atoms. The average Bonchev–Trinajstić information content (AvgIpc) is 3.13. The summed E-state index contributed by atoms with van der Waals surface area (Å²) in [6.07, 6.45) is 1.86. The van der Waals surface area contributed by atoms with Gasteiger partial charge in [0.15, 0.2) is 11.5 Å². The Morgan fingerprint density at radius 2 is 1.83 bits per heavy atom. The maximum Gasteiger partial charge on any atom is 0.344 e. The van der Waals surface area contributed by atoms with Gasteiger partial charge in [-0.15, -0.1) is 0 Å². The van der Waals surface area contributed by atoms with Gasteiger partial charge < -0.3 is 19.3 Å². The number of rotatable bonds is 9. The van der Waals surface area contributed by atoms with Gasteiger partial charge in [-0.1, -0.05) is 49.0 Å². The standard InChI is InChI=1S/C26H26BrNO6S/c1-4-21(29)28-25-22(26(31)33-6-3)23(30)20(35-25)14-17-12-18(27)24(19(13-17)32-5-2)34-15-16-10-8-7-9-11-16/h7-14,30H,4-6,15H2,1-3H3/b20-14-,28-25?. The van der Waals surface area contributed by atoms with Crippen molar-refractivity contribution in [2.24, 2.45) is 4.99 Å². The van der Waals surface area contributed by atoms with Gasteiger partial charge in [-0.2, -0.15) is 0 Å². The summed E-state index contributed by atoms with van der Waals surface area (Å²) in [5, 5.41) is 10.9. The fourth-order valence-corrected chi connectivity index (χ4v) is 4.75. The van der Waals surface area contributed by atoms with Crippen LogP contribution in [0.2, 0.25) is 0 Å². The molecule has 0 bridgehead atoms. The van der Waals surface area contributed by atoms with Gasteiger partial charge in [-0.3, -0.25) is 4.79 Å². The number of hydrogen-bond acceptors (Lipinski definition) is 7. The summed E-state index contributed by atoms with van der Waals surface area (Å²) in [5.41, 5.74) is 1.59. The molecule has 0 saturated heterocycles. The molecule has 2 aromatic rings. The number of aliphatic hydroxyl groups is 1. The molecule has 35 heavy (non-hydrogen) atoms. The number of aliphatic hydroxyl groups excluding tert-OH is 1. The van der Waals surface area contributed by atoms with Crippen LogP contribution in [0.1, 0.15) is 38.3 Å². The van der Waals surface area contributed by atoms with Crippen molar-refractivity contribution >= 4 is 50.7 Å². The van der Waals surface area contributed by atoms with Crippen molar-refractivity contribution in [1.29, 1.82) is 0 Å². The second-order valence-electron chi connectivity index (χ2n) is 7.26. The number of benzene rings is 2. The minimum absolute atomic E-state index is 0.114. The normalized spacial score (nSPS) is 15.5. The van der Waals surface area contributed by atoms with Gasteiger partial charge in [0.25, 0.3) is 0 Å². The number of nitrogens with zero attached hydrogens (tertiary/aromatic N) is 1. The zero-order valence-electron chi connectivity index (χ0n) is 19.7. The third-order valence-corrected chi connectivity index (χ3v) is 6.36. The van der Waals surface area contributed by atoms with Crippen LogP contribution < -0.4 is 9.47 Å². The molecule has 0 aromatic heterocycles. The minimum atomic E-state index is -0.732. The number of thioether (sulfide) groups is 1. The van der Waals surface area contributed by atoms with E-state index in [-0.39, 0.29) is 29.4 Å². The Morgan fingerprint density at radius 3 is 2.49 bits per heavy atom. The van der Waals surface area contributed by atoms with Crippen LogP contribution in [-0.4, -0.2) is 35.2 Å². The van der Waals surface area contributed by atoms with Gasteiger partial charge in [0.2, 0.25) is 5.91 Å². The van der Waals surface area contributed by atoms with E-state index in [9.17, 15) is 14.7 Å². The number of halogens is 1. The van der Waals surface area contributed by atoms with Crippen LogP contribution in [0.25, 0.3) is 6.08 Å². The average molecular weight is 560 g/mol. The predicted molar refractivity (Wildman–Crippen MR) is 141 cm³/mol. The zero-order chi connectivity index (χ0) is 25.4. The Morgan fingerprint density at radius 1 is 1.09 bits per heavy atom. The Hall–Kier alpha value is -3.04. The van der Waals surface area contributed by atoms with Crippen LogP contribution in [-0.2, 0) is 20.9 Å². The maximum absolute atomic E-state index is 12.4. The molecular weight excluding hydrogens is 534 g/mol. The highest BCUT2D eigenvalue weighted by atomic mass is 79.9. The summed E-state index contributed by atoms with van der Waals surface area (Å²) in [6.45, 7) is 6.13. The van der Waals surface area contributed by atoms with E-state index < -0.39 is 11.9 Å². The molecule has 0 fully saturated rings. The lowest BCUT2D eigenvalue weighted by Crippen LogP contribution is -2.14. The molecule has 7 nitrogen and oxygen atoms in total. The summed E-state index contributed by atoms with van der Waals surface area (Å²) in [4.78, 5) is 28.7. The highest BCUT2D eigenvalue weighted by Gasteiger charge is 2.33. The highest BCUT2D eigenvalue weighted by molar-refractivity contribution is 9.10. The second kappa shape index (κ2) is 12.6. The highest BCUT2D eigenvalue weighted by Crippen LogP contribution is 2.42. The van der Waals surface area contributed by atoms with Gasteiger partial charge in [0.05, 0.1) is 22.6 Å². The Kier molecular flexibility index (Phi) is 9.56. The summed E-state index contributed by atoms with van der Waals surface area (Å²) < 4.78 is 17.6. The molecule has 0 aliphatic carbocycles. The van der Waals surface area contributed by atoms with E-state index in [0.29, 0.717) is 39.7 Å². The first kappa shape index (κ1) is 26.6. The van der Waals surface area contributed by atoms with Crippen LogP contribution in [0.5, 0.6) is 11.5 Å². The van der Waals surface area contributed by atoms with E-state index in [2.05, 4.69) is 20.9 Å². The lowest BCUT2D eigenvalue weighted by atomic mass is 10.1. The van der Waals surface area contributed by atoms with Gasteiger partial charge in [-0.05, 0) is 59.1 Å². The monoisotopic (exact) mass is 559 g/mol. The first-order chi connectivity index (χ1) is 16.9. The third kappa shape index (κ3) is 6.76. The molecule has 1 aliphatic rings. The fourth-order valence-electron chi connectivity index (χ4n) is 3.14. The molecule has 1 aliphatic heterocycles. The Labute approximate surface area is 217 Å². The number of carbonyl (C=O) groups excluding carboxylic acids is 2. The number of esters is 1. The summed E-state index contributed by atoms with van der Waals surface area (Å²) in [6, 6.07) is 13.4. The van der Waals surface area contributed by atoms with Gasteiger partial charge in [-0.25, -0.2) is 9.79 Å². The van der Waals surface area contributed by atoms with Crippen molar-refractivity contribution in [2.75, 3.05) is 13.2 Å². The van der Waals surface area contributed by atoms with Gasteiger partial charge in [0, 0.05) is 6.42 Å². The largest absolute Gasteiger partial charge is 0.506 e. The minimum Gasteiger partial charge on any atom is -0.506 e. The molecule has 0 atom stereocenters. The molecule has 0 radical (unpaired) electrons. The first-order valence-corrected chi connectivity index (χ1v) is 12.7. The maximum atomic E-state index is 12.4. The molecule has 1 N–H and O–H groups in total. The Bertz CT molecular complexity index is 1190. The van der Waals surface area contributed by atoms with Crippen LogP contribution in [0, 0.1) is 0 Å². The SMILES string of the molecule is CCOC(=O)C1=C(O)/C(=C/c2cc(Br)c(OCc3ccccc3)c(OCC)c2)SC1=NC(=O)CC. The quantitative estimate of drug-likeness (QED) is 0.364. The van der Waals surface area contributed by atoms with Crippen LogP contribution in [0.15, 0.2) is 68.2 Å². The van der Waals surface area contributed by atoms with Crippen molar-refractivity contribution < 1.29 is 28.9 Å². The lowest BCUT2D eigenvalue weighted by Gasteiger charge is -2.15. The van der Waals surface area contributed by atoms with E-state index in [4.69, 9.17) is 14.2 Å². The molecule has 0 unspecified atom stereocenters. The van der Waals surface area contributed by atoms with Crippen molar-refractivity contribution in [3.05, 3.63) is 74.3 Å². The number of aliphatic imine (C=N–C) groups is 1. The van der Waals surface area contributed by atoms with Crippen LogP contribution >= 0.6 is 27.7 Å². The van der Waals surface area contributed by atoms with Gasteiger partial charge in [0.1, 0.15) is 23.0 Å². The first-order valence-electron chi connectivity index (χ1n) is 11.1. The molecule has 0 saturated carbocycles. The molecule has 3 rings (SSSR count). The third-order valence-electron chi connectivity index (χ3n) is 4.75. The lowest BCUT2D eigenvalue weighted by molar-refractivity contribution is -0.138. The number of ether oxygens (including phenoxy) is 3. The van der Waals surface area contributed by atoms with Gasteiger partial charge >= 0.3 is 5.97 Å². The van der Waals surface area contributed by atoms with E-state index in [0.717, 1.165) is 17.3 Å². The molecular formula is C26H26BrNO6S. The second-order valence-corrected chi connectivity index (χ2v) is 9.14. The summed E-state index contributed by atoms with van der Waals surface area (Å²) in [5.74, 6) is -0.333. The smallest absolute Gasteiger partial charge is 0.344 e. The number of carbonyl (C=O) groups is 2. The molecule has 9 heteroatoms. The number of amides is 1. The predicted octanol–water partition coefficient (Wildman–Crippen LogP) is 6.22. The zero-order valence-corrected chi connectivity index (χ0v) is 22.1. The van der Waals surface area contributed by atoms with Crippen molar-refractivity contribution in [3.63, 3.8) is 0 Å². The summed E-state index contributed by atoms with van der Waals surface area (Å²) in [7, 11) is 0. The van der Waals surface area contributed by atoms with Crippen molar-refractivity contribution in [3.8, 4) is 11.5 Å². The van der Waals surface area contributed by atoms with E-state index in [1.807, 2.05) is 43.3 Å². The molecule has 2 aromatic carbocycles. The van der Waals surface area contributed by atoms with Crippen LogP contribution in [0.3, 0.4) is 0 Å². The topological polar surface area (TPSA) is 94.4 Å². The van der Waals surface area contributed by atoms with E-state index in [1.165, 1.54) is 0 Å². The molecule has 184 valence electrons. The van der Waals surface area contributed by atoms with Crippen molar-refractivity contribution in [1.82, 2.24) is 0 Å². The van der Waals surface area contributed by atoms with E-state index >= 15 is 0 Å². The Balaban J connectivity index is 1.97. The summed E-state index contributed by atoms with van der Waals surface area (Å²) >= 11 is 4.59. The van der Waals surface area contributed by atoms with Crippen molar-refractivity contribution in [2.45, 2.75) is 33.8 Å². The van der Waals surface area contributed by atoms with E-state index in [1.54, 1.807) is 26.0 Å². The number of hydrogen-bond donors (Lipinski definition) is 1. The molecule has 1 heterocycles. The van der Waals surface area contributed by atoms with Crippen LogP contribution in [0.4, 0.5) is 0 Å². The fraction of sp³-hybridized carbons (Fsp3) is 0.269.